The lowest BCUT2D eigenvalue weighted by Crippen LogP contribution is -2.49. The summed E-state index contributed by atoms with van der Waals surface area (Å²) in [7, 11) is 0. The van der Waals surface area contributed by atoms with Crippen molar-refractivity contribution in [1.29, 1.82) is 0 Å². The van der Waals surface area contributed by atoms with Crippen LogP contribution >= 0.6 is 22.9 Å². The van der Waals surface area contributed by atoms with Crippen LogP contribution < -0.4 is 3.53 Å². The molecule has 27 heavy (non-hydrogen) atoms. The molecule has 2 saturated heterocycles. The van der Waals surface area contributed by atoms with Gasteiger partial charge in [-0.05, 0) is 38.8 Å². The number of nitrogens with one attached hydrogen (secondary N) is 1. The lowest BCUT2D eigenvalue weighted by atomic mass is 9.96. The van der Waals surface area contributed by atoms with E-state index in [4.69, 9.17) is 9.47 Å². The van der Waals surface area contributed by atoms with Crippen molar-refractivity contribution >= 4 is 28.6 Å². The van der Waals surface area contributed by atoms with Gasteiger partial charge in [0.2, 0.25) is 0 Å². The Morgan fingerprint density at radius 1 is 0.926 bits per heavy atom. The van der Waals surface area contributed by atoms with Crippen LogP contribution in [0, 0.1) is 5.92 Å². The molecule has 0 bridgehead atoms. The minimum atomic E-state index is 0.287. The van der Waals surface area contributed by atoms with E-state index in [9.17, 15) is 4.79 Å². The van der Waals surface area contributed by atoms with Crippen molar-refractivity contribution in [2.75, 3.05) is 91.9 Å². The van der Waals surface area contributed by atoms with Crippen LogP contribution in [-0.2, 0) is 14.3 Å². The van der Waals surface area contributed by atoms with Crippen molar-refractivity contribution in [3.8, 4) is 0 Å². The molecule has 2 heterocycles. The highest BCUT2D eigenvalue weighted by Gasteiger charge is 2.24. The molecule has 0 radical (unpaired) electrons. The summed E-state index contributed by atoms with van der Waals surface area (Å²) in [6.45, 7) is 15.1. The Hall–Kier alpha value is 0.160. The normalized spacial score (nSPS) is 21.0. The van der Waals surface area contributed by atoms with Crippen LogP contribution in [0.4, 0.5) is 0 Å². The summed E-state index contributed by atoms with van der Waals surface area (Å²) in [6, 6.07) is 0. The highest BCUT2D eigenvalue weighted by Crippen LogP contribution is 2.19. The molecular weight excluding hydrogens is 459 g/mol. The zero-order chi connectivity index (χ0) is 19.3. The second-order valence-corrected chi connectivity index (χ2v) is 8.43. The topological polar surface area (TPSA) is 57.3 Å². The zero-order valence-electron chi connectivity index (χ0n) is 16.8. The van der Waals surface area contributed by atoms with Crippen LogP contribution in [0.15, 0.2) is 0 Å². The summed E-state index contributed by atoms with van der Waals surface area (Å²) in [5.74, 6) is 1.08. The second kappa shape index (κ2) is 14.2. The van der Waals surface area contributed by atoms with Crippen molar-refractivity contribution in [1.82, 2.24) is 18.2 Å². The number of carbonyl (C=O) groups excluding carboxylic acids is 1. The molecule has 2 rings (SSSR count). The maximum atomic E-state index is 11.2. The Morgan fingerprint density at radius 3 is 2.19 bits per heavy atom. The number of halogens is 1. The Balaban J connectivity index is 1.46. The van der Waals surface area contributed by atoms with Gasteiger partial charge in [0.15, 0.2) is 0 Å². The van der Waals surface area contributed by atoms with Crippen molar-refractivity contribution in [2.24, 2.45) is 5.92 Å². The minimum absolute atomic E-state index is 0.287. The number of piperazine rings is 1. The van der Waals surface area contributed by atoms with E-state index >= 15 is 0 Å². The van der Waals surface area contributed by atoms with Gasteiger partial charge in [0.25, 0.3) is 0 Å². The van der Waals surface area contributed by atoms with E-state index < -0.39 is 0 Å². The first-order valence-electron chi connectivity index (χ1n) is 10.3. The molecule has 7 nitrogen and oxygen atoms in total. The van der Waals surface area contributed by atoms with E-state index in [1.54, 1.807) is 6.92 Å². The van der Waals surface area contributed by atoms with E-state index in [0.717, 1.165) is 58.4 Å². The Kier molecular flexibility index (Phi) is 12.3. The fourth-order valence-corrected chi connectivity index (χ4v) is 4.05. The lowest BCUT2D eigenvalue weighted by molar-refractivity contribution is -0.118. The number of nitrogens with zero attached hydrogens (tertiary/aromatic N) is 3. The molecular formula is C19H37IN4O3. The second-order valence-electron chi connectivity index (χ2n) is 7.67. The van der Waals surface area contributed by atoms with Gasteiger partial charge in [0, 0.05) is 68.7 Å². The molecule has 0 saturated carbocycles. The van der Waals surface area contributed by atoms with Crippen LogP contribution in [0.5, 0.6) is 0 Å². The standard InChI is InChI=1S/C19H37IN4O3/c1-18(25)16-23-5-2-19(3-6-23)17-24-9-7-22(8-10-24)11-13-27-15-14-26-12-4-21-20/h19,21H,2-17H2,1H3. The van der Waals surface area contributed by atoms with Crippen molar-refractivity contribution < 1.29 is 14.3 Å². The van der Waals surface area contributed by atoms with E-state index in [1.807, 2.05) is 0 Å². The van der Waals surface area contributed by atoms with Crippen LogP contribution in [0.25, 0.3) is 0 Å². The number of rotatable bonds is 13. The number of carbonyl (C=O) groups is 1. The molecule has 0 aromatic heterocycles. The van der Waals surface area contributed by atoms with Crippen LogP contribution in [-0.4, -0.2) is 112 Å². The molecule has 158 valence electrons. The molecule has 2 fully saturated rings. The van der Waals surface area contributed by atoms with Gasteiger partial charge in [-0.1, -0.05) is 0 Å². The number of likely N-dealkylation sites (tertiary alicyclic amines) is 1. The monoisotopic (exact) mass is 496 g/mol. The fraction of sp³-hybridized carbons (Fsp3) is 0.947. The van der Waals surface area contributed by atoms with Gasteiger partial charge in [0.05, 0.1) is 33.0 Å². The Labute approximate surface area is 178 Å². The number of Topliss-reactive ketones (excluding diaryl/α,β-unsaturated/α-hetero) is 1. The third kappa shape index (κ3) is 10.5. The molecule has 0 aromatic rings. The van der Waals surface area contributed by atoms with E-state index in [0.29, 0.717) is 19.8 Å². The number of piperidine rings is 1. The Bertz CT molecular complexity index is 400. The minimum Gasteiger partial charge on any atom is -0.378 e. The number of ketones is 1. The molecule has 1 N–H and O–H groups in total. The van der Waals surface area contributed by atoms with Gasteiger partial charge >= 0.3 is 0 Å². The maximum absolute atomic E-state index is 11.2. The predicted octanol–water partition coefficient (Wildman–Crippen LogP) is 0.878. The smallest absolute Gasteiger partial charge is 0.143 e. The maximum Gasteiger partial charge on any atom is 0.143 e. The molecule has 0 aromatic carbocycles. The predicted molar refractivity (Wildman–Crippen MR) is 116 cm³/mol. The molecule has 0 aliphatic carbocycles. The lowest BCUT2D eigenvalue weighted by Gasteiger charge is -2.38. The summed E-state index contributed by atoms with van der Waals surface area (Å²) in [4.78, 5) is 18.7. The van der Waals surface area contributed by atoms with Crippen LogP contribution in [0.3, 0.4) is 0 Å². The zero-order valence-corrected chi connectivity index (χ0v) is 19.0. The third-order valence-corrected chi connectivity index (χ3v) is 5.94. The molecule has 0 atom stereocenters. The number of hydrogen-bond acceptors (Lipinski definition) is 7. The van der Waals surface area contributed by atoms with E-state index in [2.05, 4.69) is 41.1 Å². The van der Waals surface area contributed by atoms with Crippen molar-refractivity contribution in [2.45, 2.75) is 19.8 Å². The fourth-order valence-electron chi connectivity index (χ4n) is 3.83. The van der Waals surface area contributed by atoms with Crippen molar-refractivity contribution in [3.63, 3.8) is 0 Å². The largest absolute Gasteiger partial charge is 0.378 e. The molecule has 0 unspecified atom stereocenters. The number of hydrogen-bond donors (Lipinski definition) is 1. The van der Waals surface area contributed by atoms with Gasteiger partial charge in [-0.25, -0.2) is 0 Å². The van der Waals surface area contributed by atoms with Crippen molar-refractivity contribution in [3.05, 3.63) is 0 Å². The first-order chi connectivity index (χ1) is 13.2. The highest BCUT2D eigenvalue weighted by molar-refractivity contribution is 14.1. The van der Waals surface area contributed by atoms with E-state index in [1.165, 1.54) is 32.5 Å². The first-order valence-corrected chi connectivity index (χ1v) is 11.4. The van der Waals surface area contributed by atoms with Crippen LogP contribution in [0.2, 0.25) is 0 Å². The average molecular weight is 496 g/mol. The summed E-state index contributed by atoms with van der Waals surface area (Å²) < 4.78 is 14.1. The van der Waals surface area contributed by atoms with Crippen LogP contribution in [0.1, 0.15) is 19.8 Å². The molecule has 2 aliphatic heterocycles. The van der Waals surface area contributed by atoms with Gasteiger partial charge in [-0.15, -0.1) is 0 Å². The third-order valence-electron chi connectivity index (χ3n) is 5.40. The SMILES string of the molecule is CC(=O)CN1CCC(CN2CCN(CCOCCOCCNI)CC2)CC1. The average Bonchev–Trinajstić information content (AvgIpc) is 2.66. The molecule has 8 heteroatoms. The summed E-state index contributed by atoms with van der Waals surface area (Å²) in [5.41, 5.74) is 0. The Morgan fingerprint density at radius 2 is 1.56 bits per heavy atom. The number of ether oxygens (including phenoxy) is 2. The first kappa shape index (κ1) is 23.4. The van der Waals surface area contributed by atoms with Gasteiger partial charge in [0.1, 0.15) is 5.78 Å². The molecule has 2 aliphatic rings. The summed E-state index contributed by atoms with van der Waals surface area (Å²) in [6.07, 6.45) is 2.47. The van der Waals surface area contributed by atoms with Gasteiger partial charge in [-0.3, -0.25) is 18.1 Å². The quantitative estimate of drug-likeness (QED) is 0.231. The summed E-state index contributed by atoms with van der Waals surface area (Å²) in [5, 5.41) is 0. The summed E-state index contributed by atoms with van der Waals surface area (Å²) >= 11 is 2.12. The molecule has 0 spiro atoms. The molecule has 0 amide bonds. The van der Waals surface area contributed by atoms with E-state index in [-0.39, 0.29) is 5.78 Å². The highest BCUT2D eigenvalue weighted by atomic mass is 127. The van der Waals surface area contributed by atoms with Gasteiger partial charge in [-0.2, -0.15) is 0 Å². The van der Waals surface area contributed by atoms with Gasteiger partial charge < -0.3 is 14.4 Å².